The summed E-state index contributed by atoms with van der Waals surface area (Å²) >= 11 is 0. The molecule has 2 aromatic rings. The second-order valence-electron chi connectivity index (χ2n) is 4.13. The maximum absolute atomic E-state index is 12.1. The lowest BCUT2D eigenvalue weighted by Crippen LogP contribution is -2.36. The van der Waals surface area contributed by atoms with E-state index in [4.69, 9.17) is 4.52 Å². The fourth-order valence-corrected chi connectivity index (χ4v) is 2.15. The minimum Gasteiger partial charge on any atom is -0.364 e. The Hall–Kier alpha value is -2.10. The SMILES string of the molecule is O=C(c1ccon1)N1CCc2ccccc2C1. The van der Waals surface area contributed by atoms with Gasteiger partial charge in [-0.25, -0.2) is 0 Å². The number of nitrogens with zero attached hydrogens (tertiary/aromatic N) is 2. The van der Waals surface area contributed by atoms with Gasteiger partial charge in [0, 0.05) is 19.2 Å². The van der Waals surface area contributed by atoms with E-state index in [1.54, 1.807) is 11.0 Å². The second kappa shape index (κ2) is 4.05. The Morgan fingerprint density at radius 2 is 2.06 bits per heavy atom. The predicted molar refractivity (Wildman–Crippen MR) is 61.4 cm³/mol. The van der Waals surface area contributed by atoms with Crippen LogP contribution in [0.1, 0.15) is 21.6 Å². The van der Waals surface area contributed by atoms with Crippen molar-refractivity contribution in [1.29, 1.82) is 0 Å². The number of carbonyl (C=O) groups is 1. The van der Waals surface area contributed by atoms with E-state index in [1.165, 1.54) is 17.4 Å². The molecule has 3 rings (SSSR count). The van der Waals surface area contributed by atoms with Crippen LogP contribution in [0.2, 0.25) is 0 Å². The molecule has 1 aliphatic rings. The third kappa shape index (κ3) is 1.82. The van der Waals surface area contributed by atoms with Crippen molar-refractivity contribution in [3.63, 3.8) is 0 Å². The van der Waals surface area contributed by atoms with Crippen molar-refractivity contribution in [2.45, 2.75) is 13.0 Å². The van der Waals surface area contributed by atoms with Crippen molar-refractivity contribution >= 4 is 5.91 Å². The molecule has 0 bridgehead atoms. The van der Waals surface area contributed by atoms with E-state index >= 15 is 0 Å². The first-order valence-corrected chi connectivity index (χ1v) is 5.61. The molecule has 0 atom stereocenters. The molecule has 4 nitrogen and oxygen atoms in total. The molecule has 0 aliphatic carbocycles. The van der Waals surface area contributed by atoms with Crippen LogP contribution in [0, 0.1) is 0 Å². The summed E-state index contributed by atoms with van der Waals surface area (Å²) in [7, 11) is 0. The van der Waals surface area contributed by atoms with Crippen LogP contribution in [-0.2, 0) is 13.0 Å². The molecule has 17 heavy (non-hydrogen) atoms. The molecule has 0 fully saturated rings. The van der Waals surface area contributed by atoms with Gasteiger partial charge < -0.3 is 9.42 Å². The fraction of sp³-hybridized carbons (Fsp3) is 0.231. The van der Waals surface area contributed by atoms with Crippen LogP contribution in [0.5, 0.6) is 0 Å². The third-order valence-electron chi connectivity index (χ3n) is 3.07. The molecular formula is C13H12N2O2. The van der Waals surface area contributed by atoms with Gasteiger partial charge in [0.15, 0.2) is 5.69 Å². The molecule has 0 N–H and O–H groups in total. The molecule has 2 heterocycles. The smallest absolute Gasteiger partial charge is 0.276 e. The van der Waals surface area contributed by atoms with Crippen LogP contribution in [0.25, 0.3) is 0 Å². The molecule has 0 saturated carbocycles. The predicted octanol–water partition coefficient (Wildman–Crippen LogP) is 1.87. The van der Waals surface area contributed by atoms with E-state index in [2.05, 4.69) is 17.3 Å². The van der Waals surface area contributed by atoms with Gasteiger partial charge in [-0.05, 0) is 17.5 Å². The lowest BCUT2D eigenvalue weighted by atomic mass is 10.00. The first kappa shape index (κ1) is 10.1. The van der Waals surface area contributed by atoms with Gasteiger partial charge >= 0.3 is 0 Å². The van der Waals surface area contributed by atoms with Gasteiger partial charge in [-0.3, -0.25) is 4.79 Å². The summed E-state index contributed by atoms with van der Waals surface area (Å²) in [5.74, 6) is -0.0618. The standard InChI is InChI=1S/C13H12N2O2/c16-13(12-6-8-17-14-12)15-7-5-10-3-1-2-4-11(10)9-15/h1-4,6,8H,5,7,9H2. The number of hydrogen-bond acceptors (Lipinski definition) is 3. The average Bonchev–Trinajstić information content (AvgIpc) is 2.91. The lowest BCUT2D eigenvalue weighted by Gasteiger charge is -2.28. The van der Waals surface area contributed by atoms with Crippen molar-refractivity contribution in [3.05, 3.63) is 53.4 Å². The molecule has 1 aromatic carbocycles. The van der Waals surface area contributed by atoms with Gasteiger partial charge in [-0.1, -0.05) is 29.4 Å². The van der Waals surface area contributed by atoms with Crippen LogP contribution in [-0.4, -0.2) is 22.5 Å². The summed E-state index contributed by atoms with van der Waals surface area (Å²) in [5.41, 5.74) is 2.93. The third-order valence-corrected chi connectivity index (χ3v) is 3.07. The Kier molecular flexibility index (Phi) is 2.40. The Bertz CT molecular complexity index is 534. The average molecular weight is 228 g/mol. The zero-order valence-electron chi connectivity index (χ0n) is 9.30. The van der Waals surface area contributed by atoms with Crippen LogP contribution in [0.4, 0.5) is 0 Å². The summed E-state index contributed by atoms with van der Waals surface area (Å²) in [4.78, 5) is 13.9. The highest BCUT2D eigenvalue weighted by Crippen LogP contribution is 2.19. The quantitative estimate of drug-likeness (QED) is 0.748. The van der Waals surface area contributed by atoms with E-state index < -0.39 is 0 Å². The minimum absolute atomic E-state index is 0.0618. The van der Waals surface area contributed by atoms with Gasteiger partial charge in [0.05, 0.1) is 0 Å². The number of rotatable bonds is 1. The number of carbonyl (C=O) groups excluding carboxylic acids is 1. The van der Waals surface area contributed by atoms with Crippen LogP contribution >= 0.6 is 0 Å². The van der Waals surface area contributed by atoms with E-state index in [0.717, 1.165) is 13.0 Å². The normalized spacial score (nSPS) is 14.5. The number of amides is 1. The summed E-state index contributed by atoms with van der Waals surface area (Å²) in [6.45, 7) is 1.39. The number of fused-ring (bicyclic) bond motifs is 1. The van der Waals surface area contributed by atoms with Crippen LogP contribution in [0.3, 0.4) is 0 Å². The summed E-state index contributed by atoms with van der Waals surface area (Å²) < 4.78 is 4.70. The maximum Gasteiger partial charge on any atom is 0.276 e. The number of hydrogen-bond donors (Lipinski definition) is 0. The van der Waals surface area contributed by atoms with E-state index in [0.29, 0.717) is 12.2 Å². The second-order valence-corrected chi connectivity index (χ2v) is 4.13. The Morgan fingerprint density at radius 3 is 2.82 bits per heavy atom. The van der Waals surface area contributed by atoms with Gasteiger partial charge in [0.2, 0.25) is 0 Å². The lowest BCUT2D eigenvalue weighted by molar-refractivity contribution is 0.0724. The molecule has 1 aliphatic heterocycles. The van der Waals surface area contributed by atoms with Crippen molar-refractivity contribution in [2.75, 3.05) is 6.54 Å². The molecule has 0 radical (unpaired) electrons. The topological polar surface area (TPSA) is 46.3 Å². The zero-order valence-corrected chi connectivity index (χ0v) is 9.30. The molecule has 0 spiro atoms. The van der Waals surface area contributed by atoms with Gasteiger partial charge in [0.25, 0.3) is 5.91 Å². The molecular weight excluding hydrogens is 216 g/mol. The van der Waals surface area contributed by atoms with Gasteiger partial charge in [-0.2, -0.15) is 0 Å². The molecule has 0 unspecified atom stereocenters. The van der Waals surface area contributed by atoms with Gasteiger partial charge in [0.1, 0.15) is 6.26 Å². The summed E-state index contributed by atoms with van der Waals surface area (Å²) in [6.07, 6.45) is 2.32. The van der Waals surface area contributed by atoms with Crippen molar-refractivity contribution in [1.82, 2.24) is 10.1 Å². The molecule has 1 amide bonds. The summed E-state index contributed by atoms with van der Waals surface area (Å²) in [5, 5.41) is 3.68. The highest BCUT2D eigenvalue weighted by Gasteiger charge is 2.22. The highest BCUT2D eigenvalue weighted by molar-refractivity contribution is 5.92. The summed E-state index contributed by atoms with van der Waals surface area (Å²) in [6, 6.07) is 9.82. The molecule has 4 heteroatoms. The van der Waals surface area contributed by atoms with Crippen LogP contribution in [0.15, 0.2) is 41.1 Å². The van der Waals surface area contributed by atoms with Crippen molar-refractivity contribution in [3.8, 4) is 0 Å². The molecule has 1 aromatic heterocycles. The van der Waals surface area contributed by atoms with Crippen molar-refractivity contribution in [2.24, 2.45) is 0 Å². The maximum atomic E-state index is 12.1. The monoisotopic (exact) mass is 228 g/mol. The highest BCUT2D eigenvalue weighted by atomic mass is 16.5. The first-order valence-electron chi connectivity index (χ1n) is 5.61. The Balaban J connectivity index is 1.83. The number of benzene rings is 1. The first-order chi connectivity index (χ1) is 8.34. The zero-order chi connectivity index (χ0) is 11.7. The fourth-order valence-electron chi connectivity index (χ4n) is 2.15. The molecule has 86 valence electrons. The van der Waals surface area contributed by atoms with Gasteiger partial charge in [-0.15, -0.1) is 0 Å². The largest absolute Gasteiger partial charge is 0.364 e. The minimum atomic E-state index is -0.0618. The Morgan fingerprint density at radius 1 is 1.24 bits per heavy atom. The molecule has 0 saturated heterocycles. The van der Waals surface area contributed by atoms with E-state index in [9.17, 15) is 4.79 Å². The number of aromatic nitrogens is 1. The van der Waals surface area contributed by atoms with Crippen molar-refractivity contribution < 1.29 is 9.32 Å². The van der Waals surface area contributed by atoms with Crippen LogP contribution < -0.4 is 0 Å². The van der Waals surface area contributed by atoms with E-state index in [1.807, 2.05) is 12.1 Å². The Labute approximate surface area is 98.8 Å². The van der Waals surface area contributed by atoms with E-state index in [-0.39, 0.29) is 5.91 Å².